The number of aryl methyl sites for hydroxylation is 1. The Hall–Kier alpha value is -2.61. The van der Waals surface area contributed by atoms with Crippen molar-refractivity contribution in [2.45, 2.75) is 13.8 Å². The average molecular weight is 459 g/mol. The van der Waals surface area contributed by atoms with E-state index in [4.69, 9.17) is 0 Å². The molecule has 0 saturated carbocycles. The second-order valence-electron chi connectivity index (χ2n) is 5.88. The van der Waals surface area contributed by atoms with Crippen LogP contribution in [0.4, 0.5) is 0 Å². The van der Waals surface area contributed by atoms with Crippen LogP contribution in [0.1, 0.15) is 27.3 Å². The lowest BCUT2D eigenvalue weighted by Crippen LogP contribution is -2.17. The molecule has 0 unspecified atom stereocenters. The summed E-state index contributed by atoms with van der Waals surface area (Å²) in [6.45, 7) is 4.06. The van der Waals surface area contributed by atoms with Gasteiger partial charge in [0.1, 0.15) is 5.75 Å². The van der Waals surface area contributed by atoms with E-state index in [1.807, 2.05) is 19.9 Å². The van der Waals surface area contributed by atoms with Crippen molar-refractivity contribution in [1.82, 2.24) is 9.99 Å². The fourth-order valence-electron chi connectivity index (χ4n) is 2.74. The number of carbonyl (C=O) groups is 1. The molecule has 6 heteroatoms. The fraction of sp³-hybridized carbons (Fsp3) is 0.100. The highest BCUT2D eigenvalue weighted by molar-refractivity contribution is 14.1. The highest BCUT2D eigenvalue weighted by atomic mass is 127. The topological polar surface area (TPSA) is 66.6 Å². The number of hydrogen-bond acceptors (Lipinski definition) is 3. The summed E-state index contributed by atoms with van der Waals surface area (Å²) in [7, 11) is 0. The molecule has 0 atom stereocenters. The second kappa shape index (κ2) is 7.74. The summed E-state index contributed by atoms with van der Waals surface area (Å²) in [5, 5.41) is 13.3. The second-order valence-corrected chi connectivity index (χ2v) is 7.13. The molecule has 0 radical (unpaired) electrons. The molecule has 0 aliphatic carbocycles. The quantitative estimate of drug-likeness (QED) is 0.350. The molecule has 5 nitrogen and oxygen atoms in total. The molecular weight excluding hydrogens is 441 g/mol. The molecule has 0 bridgehead atoms. The van der Waals surface area contributed by atoms with Crippen molar-refractivity contribution in [3.05, 3.63) is 80.7 Å². The summed E-state index contributed by atoms with van der Waals surface area (Å²) < 4.78 is 3.34. The molecule has 0 aliphatic heterocycles. The largest absolute Gasteiger partial charge is 0.508 e. The Kier molecular flexibility index (Phi) is 5.41. The molecule has 1 amide bonds. The molecule has 1 aromatic heterocycles. The zero-order valence-corrected chi connectivity index (χ0v) is 16.6. The normalized spacial score (nSPS) is 11.0. The molecule has 2 aromatic carbocycles. The van der Waals surface area contributed by atoms with Crippen LogP contribution in [0.3, 0.4) is 0 Å². The number of hydrazone groups is 1. The van der Waals surface area contributed by atoms with E-state index in [1.54, 1.807) is 18.3 Å². The Morgan fingerprint density at radius 3 is 2.42 bits per heavy atom. The number of aromatic hydroxyl groups is 1. The minimum Gasteiger partial charge on any atom is -0.508 e. The number of nitrogens with zero attached hydrogens (tertiary/aromatic N) is 2. The van der Waals surface area contributed by atoms with E-state index in [0.29, 0.717) is 5.56 Å². The van der Waals surface area contributed by atoms with Crippen molar-refractivity contribution in [3.8, 4) is 11.4 Å². The zero-order valence-electron chi connectivity index (χ0n) is 14.4. The summed E-state index contributed by atoms with van der Waals surface area (Å²) >= 11 is 2.28. The van der Waals surface area contributed by atoms with E-state index in [9.17, 15) is 9.90 Å². The van der Waals surface area contributed by atoms with Gasteiger partial charge in [-0.1, -0.05) is 0 Å². The number of benzene rings is 2. The van der Waals surface area contributed by atoms with E-state index in [1.165, 1.54) is 15.7 Å². The van der Waals surface area contributed by atoms with Gasteiger partial charge in [0.25, 0.3) is 5.91 Å². The van der Waals surface area contributed by atoms with Crippen LogP contribution in [0.2, 0.25) is 0 Å². The molecule has 0 saturated heterocycles. The van der Waals surface area contributed by atoms with Gasteiger partial charge in [-0.3, -0.25) is 4.79 Å². The fourth-order valence-corrected chi connectivity index (χ4v) is 3.10. The predicted octanol–water partition coefficient (Wildman–Crippen LogP) is 4.17. The first-order valence-corrected chi connectivity index (χ1v) is 9.11. The first-order valence-electron chi connectivity index (χ1n) is 8.03. The van der Waals surface area contributed by atoms with Gasteiger partial charge >= 0.3 is 0 Å². The number of phenols is 1. The Morgan fingerprint density at radius 1 is 1.12 bits per heavy atom. The van der Waals surface area contributed by atoms with Crippen molar-refractivity contribution >= 4 is 34.7 Å². The summed E-state index contributed by atoms with van der Waals surface area (Å²) in [4.78, 5) is 12.0. The van der Waals surface area contributed by atoms with Crippen LogP contribution in [0.15, 0.2) is 59.7 Å². The van der Waals surface area contributed by atoms with Crippen LogP contribution in [0, 0.1) is 17.4 Å². The SMILES string of the molecule is Cc1cc(/C=N\NC(=O)c2ccc(O)cc2)c(C)n1-c1ccc(I)cc1. The van der Waals surface area contributed by atoms with Gasteiger partial charge < -0.3 is 9.67 Å². The first-order chi connectivity index (χ1) is 12.5. The van der Waals surface area contributed by atoms with Gasteiger partial charge in [0.05, 0.1) is 6.21 Å². The minimum atomic E-state index is -0.326. The van der Waals surface area contributed by atoms with Crippen LogP contribution >= 0.6 is 22.6 Å². The molecule has 0 fully saturated rings. The molecule has 0 aliphatic rings. The molecule has 26 heavy (non-hydrogen) atoms. The van der Waals surface area contributed by atoms with Crippen LogP contribution in [-0.2, 0) is 0 Å². The van der Waals surface area contributed by atoms with Crippen LogP contribution < -0.4 is 5.43 Å². The third kappa shape index (κ3) is 3.96. The van der Waals surface area contributed by atoms with Crippen molar-refractivity contribution in [1.29, 1.82) is 0 Å². The molecule has 0 spiro atoms. The molecule has 132 valence electrons. The summed E-state index contributed by atoms with van der Waals surface area (Å²) in [6.07, 6.45) is 1.64. The number of nitrogens with one attached hydrogen (secondary N) is 1. The lowest BCUT2D eigenvalue weighted by molar-refractivity contribution is 0.0955. The van der Waals surface area contributed by atoms with Crippen LogP contribution in [0.5, 0.6) is 5.75 Å². The number of phenolic OH excluding ortho intramolecular Hbond substituents is 1. The maximum Gasteiger partial charge on any atom is 0.271 e. The average Bonchev–Trinajstić information content (AvgIpc) is 2.90. The summed E-state index contributed by atoms with van der Waals surface area (Å²) in [6, 6.07) is 16.3. The number of hydrogen-bond donors (Lipinski definition) is 2. The zero-order chi connectivity index (χ0) is 18.7. The van der Waals surface area contributed by atoms with Gasteiger partial charge in [-0.25, -0.2) is 5.43 Å². The number of aromatic nitrogens is 1. The molecule has 2 N–H and O–H groups in total. The van der Waals surface area contributed by atoms with Gasteiger partial charge in [0, 0.05) is 31.8 Å². The minimum absolute atomic E-state index is 0.119. The van der Waals surface area contributed by atoms with Crippen molar-refractivity contribution in [2.75, 3.05) is 0 Å². The van der Waals surface area contributed by atoms with Gasteiger partial charge in [0.2, 0.25) is 0 Å². The highest BCUT2D eigenvalue weighted by Gasteiger charge is 2.10. The first kappa shape index (κ1) is 18.2. The van der Waals surface area contributed by atoms with E-state index >= 15 is 0 Å². The summed E-state index contributed by atoms with van der Waals surface area (Å²) in [5.41, 5.74) is 7.11. The van der Waals surface area contributed by atoms with Crippen molar-refractivity contribution in [2.24, 2.45) is 5.10 Å². The highest BCUT2D eigenvalue weighted by Crippen LogP contribution is 2.20. The van der Waals surface area contributed by atoms with Crippen molar-refractivity contribution in [3.63, 3.8) is 0 Å². The molecule has 3 aromatic rings. The summed E-state index contributed by atoms with van der Waals surface area (Å²) in [5.74, 6) is -0.208. The van der Waals surface area contributed by atoms with Gasteiger partial charge in [-0.2, -0.15) is 5.10 Å². The maximum absolute atomic E-state index is 12.0. The Morgan fingerprint density at radius 2 is 1.77 bits per heavy atom. The molecule has 3 rings (SSSR count). The lowest BCUT2D eigenvalue weighted by Gasteiger charge is -2.09. The Balaban J connectivity index is 1.77. The van der Waals surface area contributed by atoms with Crippen molar-refractivity contribution < 1.29 is 9.90 Å². The lowest BCUT2D eigenvalue weighted by atomic mass is 10.2. The Labute approximate surface area is 165 Å². The molecule has 1 heterocycles. The predicted molar refractivity (Wildman–Crippen MR) is 111 cm³/mol. The van der Waals surface area contributed by atoms with Gasteiger partial charge in [-0.05, 0) is 91.0 Å². The van der Waals surface area contributed by atoms with E-state index in [2.05, 4.69) is 62.0 Å². The van der Waals surface area contributed by atoms with Gasteiger partial charge in [-0.15, -0.1) is 0 Å². The van der Waals surface area contributed by atoms with Gasteiger partial charge in [0.15, 0.2) is 0 Å². The third-order valence-corrected chi connectivity index (χ3v) is 4.77. The number of carbonyl (C=O) groups excluding carboxylic acids is 1. The number of amides is 1. The number of halogens is 1. The van der Waals surface area contributed by atoms with E-state index in [0.717, 1.165) is 22.6 Å². The standard InChI is InChI=1S/C20H18IN3O2/c1-13-11-16(14(2)24(13)18-7-5-17(21)6-8-18)12-22-23-20(26)15-3-9-19(25)10-4-15/h3-12,25H,1-2H3,(H,23,26)/b22-12-. The maximum atomic E-state index is 12.0. The monoisotopic (exact) mass is 459 g/mol. The van der Waals surface area contributed by atoms with E-state index in [-0.39, 0.29) is 11.7 Å². The molecular formula is C20H18IN3O2. The number of rotatable bonds is 4. The smallest absolute Gasteiger partial charge is 0.271 e. The van der Waals surface area contributed by atoms with Crippen LogP contribution in [-0.4, -0.2) is 21.8 Å². The Bertz CT molecular complexity index is 958. The third-order valence-electron chi connectivity index (χ3n) is 4.05. The van der Waals surface area contributed by atoms with Crippen LogP contribution in [0.25, 0.3) is 5.69 Å². The van der Waals surface area contributed by atoms with E-state index < -0.39 is 0 Å².